The summed E-state index contributed by atoms with van der Waals surface area (Å²) in [7, 11) is 0. The van der Waals surface area contributed by atoms with Gasteiger partial charge in [0.25, 0.3) is 0 Å². The molecule has 0 bridgehead atoms. The number of fused-ring (bicyclic) bond motifs is 1. The van der Waals surface area contributed by atoms with Crippen LogP contribution >= 0.6 is 0 Å². The number of carbonyl (C=O) groups is 1. The van der Waals surface area contributed by atoms with Crippen LogP contribution in [0.25, 0.3) is 11.2 Å². The molecule has 3 rings (SSSR count). The second-order valence-corrected chi connectivity index (χ2v) is 6.63. The van der Waals surface area contributed by atoms with Crippen molar-refractivity contribution in [3.8, 4) is 0 Å². The van der Waals surface area contributed by atoms with Gasteiger partial charge in [0.1, 0.15) is 5.52 Å². The SMILES string of the molecule is CC[C@@H](C)NC(=O)N1CCC(n2c(C(F)(F)F)nc3cccnc32)CC1. The van der Waals surface area contributed by atoms with Crippen LogP contribution in [0.3, 0.4) is 0 Å². The van der Waals surface area contributed by atoms with E-state index >= 15 is 0 Å². The summed E-state index contributed by atoms with van der Waals surface area (Å²) in [5, 5.41) is 2.89. The maximum absolute atomic E-state index is 13.4. The molecule has 142 valence electrons. The van der Waals surface area contributed by atoms with Crippen LogP contribution in [0.5, 0.6) is 0 Å². The number of imidazole rings is 1. The fourth-order valence-electron chi connectivity index (χ4n) is 3.21. The summed E-state index contributed by atoms with van der Waals surface area (Å²) in [6, 6.07) is 2.62. The van der Waals surface area contributed by atoms with Crippen molar-refractivity contribution >= 4 is 17.2 Å². The van der Waals surface area contributed by atoms with Crippen molar-refractivity contribution in [3.63, 3.8) is 0 Å². The van der Waals surface area contributed by atoms with Gasteiger partial charge in [0, 0.05) is 31.4 Å². The van der Waals surface area contributed by atoms with E-state index in [0.717, 1.165) is 6.42 Å². The fraction of sp³-hybridized carbons (Fsp3) is 0.588. The van der Waals surface area contributed by atoms with Crippen LogP contribution < -0.4 is 5.32 Å². The van der Waals surface area contributed by atoms with E-state index in [4.69, 9.17) is 0 Å². The van der Waals surface area contributed by atoms with Gasteiger partial charge in [0.15, 0.2) is 5.65 Å². The second kappa shape index (κ2) is 7.13. The van der Waals surface area contributed by atoms with E-state index in [1.54, 1.807) is 11.0 Å². The molecule has 0 saturated carbocycles. The standard InChI is InChI=1S/C17H22F3N5O/c1-3-11(2)22-16(26)24-9-6-12(7-10-24)25-14-13(5-4-8-21-14)23-15(25)17(18,19)20/h4-5,8,11-12H,3,6-7,9-10H2,1-2H3,(H,22,26)/t11-/m1/s1. The number of hydrogen-bond donors (Lipinski definition) is 1. The Kier molecular flexibility index (Phi) is 5.06. The summed E-state index contributed by atoms with van der Waals surface area (Å²) in [5.74, 6) is -0.922. The molecule has 26 heavy (non-hydrogen) atoms. The lowest BCUT2D eigenvalue weighted by Crippen LogP contribution is -2.47. The van der Waals surface area contributed by atoms with Crippen LogP contribution in [-0.4, -0.2) is 44.6 Å². The number of urea groups is 1. The number of halogens is 3. The summed E-state index contributed by atoms with van der Waals surface area (Å²) in [6.07, 6.45) is -1.40. The topological polar surface area (TPSA) is 63.1 Å². The van der Waals surface area contributed by atoms with Crippen molar-refractivity contribution in [3.05, 3.63) is 24.2 Å². The van der Waals surface area contributed by atoms with Gasteiger partial charge in [-0.3, -0.25) is 0 Å². The van der Waals surface area contributed by atoms with E-state index in [1.165, 1.54) is 16.8 Å². The smallest absolute Gasteiger partial charge is 0.336 e. The number of likely N-dealkylation sites (tertiary alicyclic amines) is 1. The highest BCUT2D eigenvalue weighted by atomic mass is 19.4. The van der Waals surface area contributed by atoms with Gasteiger partial charge in [-0.15, -0.1) is 0 Å². The predicted molar refractivity (Wildman–Crippen MR) is 90.7 cm³/mol. The molecule has 2 aromatic rings. The molecule has 6 nitrogen and oxygen atoms in total. The normalized spacial score (nSPS) is 17.5. The van der Waals surface area contributed by atoms with Crippen LogP contribution in [0.1, 0.15) is 45.0 Å². The Morgan fingerprint density at radius 1 is 1.38 bits per heavy atom. The molecule has 9 heteroatoms. The molecule has 0 spiro atoms. The zero-order chi connectivity index (χ0) is 18.9. The molecule has 2 aromatic heterocycles. The minimum absolute atomic E-state index is 0.0684. The Morgan fingerprint density at radius 3 is 2.69 bits per heavy atom. The summed E-state index contributed by atoms with van der Waals surface area (Å²) in [6.45, 7) is 4.70. The number of pyridine rings is 1. The number of rotatable bonds is 3. The molecule has 1 aliphatic rings. The molecule has 0 aromatic carbocycles. The first-order valence-electron chi connectivity index (χ1n) is 8.76. The Hall–Kier alpha value is -2.32. The number of nitrogens with one attached hydrogen (secondary N) is 1. The average Bonchev–Trinajstić information content (AvgIpc) is 3.01. The van der Waals surface area contributed by atoms with E-state index in [1.807, 2.05) is 13.8 Å². The third-order valence-corrected chi connectivity index (χ3v) is 4.80. The molecule has 1 N–H and O–H groups in total. The van der Waals surface area contributed by atoms with Crippen molar-refractivity contribution in [2.45, 2.75) is 51.4 Å². The van der Waals surface area contributed by atoms with Gasteiger partial charge in [0.2, 0.25) is 5.82 Å². The van der Waals surface area contributed by atoms with Crippen molar-refractivity contribution in [1.82, 2.24) is 24.8 Å². The van der Waals surface area contributed by atoms with Gasteiger partial charge in [-0.1, -0.05) is 6.92 Å². The highest BCUT2D eigenvalue weighted by molar-refractivity contribution is 5.74. The van der Waals surface area contributed by atoms with Gasteiger partial charge < -0.3 is 14.8 Å². The van der Waals surface area contributed by atoms with E-state index in [-0.39, 0.29) is 29.3 Å². The molecule has 1 saturated heterocycles. The first-order valence-corrected chi connectivity index (χ1v) is 8.76. The number of hydrogen-bond acceptors (Lipinski definition) is 3. The maximum atomic E-state index is 13.4. The molecule has 3 heterocycles. The number of nitrogens with zero attached hydrogens (tertiary/aromatic N) is 4. The van der Waals surface area contributed by atoms with E-state index in [2.05, 4.69) is 15.3 Å². The van der Waals surface area contributed by atoms with Crippen LogP contribution in [0.2, 0.25) is 0 Å². The Balaban J connectivity index is 1.80. The number of amides is 2. The number of piperidine rings is 1. The molecule has 0 unspecified atom stereocenters. The third kappa shape index (κ3) is 3.61. The van der Waals surface area contributed by atoms with E-state index < -0.39 is 12.0 Å². The Morgan fingerprint density at radius 2 is 2.08 bits per heavy atom. The number of aromatic nitrogens is 3. The van der Waals surface area contributed by atoms with Crippen molar-refractivity contribution < 1.29 is 18.0 Å². The summed E-state index contributed by atoms with van der Waals surface area (Å²) < 4.78 is 41.5. The van der Waals surface area contributed by atoms with Gasteiger partial charge in [-0.25, -0.2) is 14.8 Å². The van der Waals surface area contributed by atoms with Gasteiger partial charge in [0.05, 0.1) is 0 Å². The molecule has 0 aliphatic carbocycles. The molecular formula is C17H22F3N5O. The Bertz CT molecular complexity index is 780. The lowest BCUT2D eigenvalue weighted by atomic mass is 10.0. The van der Waals surface area contributed by atoms with Crippen LogP contribution in [0.15, 0.2) is 18.3 Å². The zero-order valence-corrected chi connectivity index (χ0v) is 14.8. The van der Waals surface area contributed by atoms with Crippen molar-refractivity contribution in [1.29, 1.82) is 0 Å². The summed E-state index contributed by atoms with van der Waals surface area (Å²) in [4.78, 5) is 21.7. The highest BCUT2D eigenvalue weighted by Gasteiger charge is 2.40. The van der Waals surface area contributed by atoms with Crippen molar-refractivity contribution in [2.75, 3.05) is 13.1 Å². The quantitative estimate of drug-likeness (QED) is 0.899. The van der Waals surface area contributed by atoms with Gasteiger partial charge in [-0.2, -0.15) is 13.2 Å². The fourth-order valence-corrected chi connectivity index (χ4v) is 3.21. The summed E-state index contributed by atoms with van der Waals surface area (Å²) in [5.41, 5.74) is 0.471. The van der Waals surface area contributed by atoms with Crippen LogP contribution in [0.4, 0.5) is 18.0 Å². The van der Waals surface area contributed by atoms with Crippen LogP contribution in [-0.2, 0) is 6.18 Å². The molecule has 2 amide bonds. The second-order valence-electron chi connectivity index (χ2n) is 6.63. The molecule has 1 fully saturated rings. The number of carbonyl (C=O) groups excluding carboxylic acids is 1. The predicted octanol–water partition coefficient (Wildman–Crippen LogP) is 3.60. The highest BCUT2D eigenvalue weighted by Crippen LogP contribution is 2.36. The molecule has 1 atom stereocenters. The van der Waals surface area contributed by atoms with Crippen molar-refractivity contribution in [2.24, 2.45) is 0 Å². The minimum atomic E-state index is -4.55. The lowest BCUT2D eigenvalue weighted by molar-refractivity contribution is -0.147. The minimum Gasteiger partial charge on any atom is -0.336 e. The third-order valence-electron chi connectivity index (χ3n) is 4.80. The largest absolute Gasteiger partial charge is 0.449 e. The Labute approximate surface area is 149 Å². The lowest BCUT2D eigenvalue weighted by Gasteiger charge is -2.34. The van der Waals surface area contributed by atoms with Gasteiger partial charge >= 0.3 is 12.2 Å². The molecular weight excluding hydrogens is 347 g/mol. The number of alkyl halides is 3. The van der Waals surface area contributed by atoms with Crippen LogP contribution in [0, 0.1) is 0 Å². The zero-order valence-electron chi connectivity index (χ0n) is 14.8. The average molecular weight is 369 g/mol. The summed E-state index contributed by atoms with van der Waals surface area (Å²) >= 11 is 0. The van der Waals surface area contributed by atoms with E-state index in [0.29, 0.717) is 25.9 Å². The van der Waals surface area contributed by atoms with E-state index in [9.17, 15) is 18.0 Å². The monoisotopic (exact) mass is 369 g/mol. The van der Waals surface area contributed by atoms with Gasteiger partial charge in [-0.05, 0) is 38.3 Å². The molecule has 1 aliphatic heterocycles. The molecule has 0 radical (unpaired) electrons. The first kappa shape index (κ1) is 18.5. The maximum Gasteiger partial charge on any atom is 0.449 e. The first-order chi connectivity index (χ1) is 12.3.